The fourth-order valence-corrected chi connectivity index (χ4v) is 4.01. The third-order valence-corrected chi connectivity index (χ3v) is 5.45. The lowest BCUT2D eigenvalue weighted by molar-refractivity contribution is -0.141. The first kappa shape index (κ1) is 19.3. The smallest absolute Gasteiger partial charge is 0.308 e. The molecule has 0 radical (unpaired) electrons. The number of amides is 1. The second-order valence-electron chi connectivity index (χ2n) is 5.34. The maximum Gasteiger partial charge on any atom is 0.308 e. The van der Waals surface area contributed by atoms with Crippen molar-refractivity contribution < 1.29 is 19.4 Å². The van der Waals surface area contributed by atoms with E-state index < -0.39 is 11.9 Å². The topological polar surface area (TPSA) is 75.6 Å². The minimum Gasteiger partial charge on any atom is -0.494 e. The van der Waals surface area contributed by atoms with Gasteiger partial charge in [0, 0.05) is 11.4 Å². The predicted octanol–water partition coefficient (Wildman–Crippen LogP) is 3.54. The maximum atomic E-state index is 12.3. The van der Waals surface area contributed by atoms with E-state index in [-0.39, 0.29) is 12.5 Å². The van der Waals surface area contributed by atoms with Crippen LogP contribution in [-0.4, -0.2) is 36.4 Å². The number of thiophene rings is 1. The van der Waals surface area contributed by atoms with E-state index in [0.717, 1.165) is 16.2 Å². The summed E-state index contributed by atoms with van der Waals surface area (Å²) in [6, 6.07) is 9.25. The highest BCUT2D eigenvalue weighted by molar-refractivity contribution is 7.98. The van der Waals surface area contributed by atoms with Gasteiger partial charge in [-0.05, 0) is 48.7 Å². The van der Waals surface area contributed by atoms with Crippen LogP contribution < -0.4 is 10.1 Å². The van der Waals surface area contributed by atoms with Gasteiger partial charge in [0.25, 0.3) is 5.91 Å². The van der Waals surface area contributed by atoms with E-state index in [0.29, 0.717) is 17.9 Å². The second-order valence-corrected chi connectivity index (χ2v) is 7.11. The first-order valence-electron chi connectivity index (χ1n) is 7.89. The molecule has 0 bridgehead atoms. The van der Waals surface area contributed by atoms with Gasteiger partial charge in [-0.3, -0.25) is 9.59 Å². The molecule has 2 N–H and O–H groups in total. The number of rotatable bonds is 9. The Bertz CT molecular complexity index is 712. The number of aliphatic carboxylic acids is 1. The van der Waals surface area contributed by atoms with E-state index in [1.54, 1.807) is 0 Å². The van der Waals surface area contributed by atoms with Gasteiger partial charge >= 0.3 is 5.97 Å². The normalized spacial score (nSPS) is 11.8. The van der Waals surface area contributed by atoms with Gasteiger partial charge in [0.15, 0.2) is 0 Å². The lowest BCUT2D eigenvalue weighted by atomic mass is 9.99. The molecule has 7 heteroatoms. The number of carbonyl (C=O) groups excluding carboxylic acids is 1. The van der Waals surface area contributed by atoms with E-state index >= 15 is 0 Å². The summed E-state index contributed by atoms with van der Waals surface area (Å²) >= 11 is 2.86. The van der Waals surface area contributed by atoms with Crippen LogP contribution in [0.15, 0.2) is 40.6 Å². The molecule has 134 valence electrons. The molecule has 1 heterocycles. The number of nitrogens with one attached hydrogen (secondary N) is 1. The van der Waals surface area contributed by atoms with Gasteiger partial charge in [-0.15, -0.1) is 23.1 Å². The fraction of sp³-hybridized carbons (Fsp3) is 0.333. The van der Waals surface area contributed by atoms with E-state index in [1.165, 1.54) is 23.1 Å². The van der Waals surface area contributed by atoms with Gasteiger partial charge in [-0.1, -0.05) is 12.1 Å². The largest absolute Gasteiger partial charge is 0.494 e. The van der Waals surface area contributed by atoms with Gasteiger partial charge in [-0.25, -0.2) is 0 Å². The fourth-order valence-electron chi connectivity index (χ4n) is 2.34. The monoisotopic (exact) mass is 379 g/mol. The quantitative estimate of drug-likeness (QED) is 0.652. The van der Waals surface area contributed by atoms with Crippen LogP contribution in [0.4, 0.5) is 0 Å². The highest BCUT2D eigenvalue weighted by Crippen LogP contribution is 2.25. The summed E-state index contributed by atoms with van der Waals surface area (Å²) in [6.45, 7) is 2.59. The Kier molecular flexibility index (Phi) is 7.33. The van der Waals surface area contributed by atoms with E-state index in [4.69, 9.17) is 4.74 Å². The Morgan fingerprint density at radius 3 is 2.60 bits per heavy atom. The summed E-state index contributed by atoms with van der Waals surface area (Å²) in [5, 5.41) is 14.0. The third kappa shape index (κ3) is 5.51. The van der Waals surface area contributed by atoms with Crippen molar-refractivity contribution in [3.8, 4) is 5.75 Å². The van der Waals surface area contributed by atoms with Crippen molar-refractivity contribution >= 4 is 35.0 Å². The molecule has 1 amide bonds. The van der Waals surface area contributed by atoms with Crippen LogP contribution in [0.1, 0.15) is 22.2 Å². The number of ether oxygens (including phenoxy) is 1. The van der Waals surface area contributed by atoms with Gasteiger partial charge in [0.1, 0.15) is 10.6 Å². The highest BCUT2D eigenvalue weighted by Gasteiger charge is 2.20. The molecule has 1 atom stereocenters. The Labute approximate surface area is 155 Å². The second kappa shape index (κ2) is 9.48. The molecule has 0 aliphatic rings. The standard InChI is InChI=1S/C18H21NO4S2/c1-3-23-14-6-4-12(5-7-14)10-13(18(21)22)11-19-17(20)16-15(24-2)8-9-25-16/h4-9,13H,3,10-11H2,1-2H3,(H,19,20)(H,21,22). The zero-order valence-electron chi connectivity index (χ0n) is 14.2. The van der Waals surface area contributed by atoms with Crippen LogP contribution in [0.2, 0.25) is 0 Å². The zero-order valence-corrected chi connectivity index (χ0v) is 15.8. The molecule has 0 spiro atoms. The first-order chi connectivity index (χ1) is 12.0. The number of carboxylic acids is 1. The average molecular weight is 380 g/mol. The van der Waals surface area contributed by atoms with Gasteiger partial charge in [0.05, 0.1) is 12.5 Å². The minimum atomic E-state index is -0.926. The van der Waals surface area contributed by atoms with Crippen LogP contribution in [-0.2, 0) is 11.2 Å². The van der Waals surface area contributed by atoms with Gasteiger partial charge in [0.2, 0.25) is 0 Å². The summed E-state index contributed by atoms with van der Waals surface area (Å²) in [4.78, 5) is 25.3. The summed E-state index contributed by atoms with van der Waals surface area (Å²) < 4.78 is 5.38. The summed E-state index contributed by atoms with van der Waals surface area (Å²) in [7, 11) is 0. The van der Waals surface area contributed by atoms with E-state index in [9.17, 15) is 14.7 Å². The number of hydrogen-bond acceptors (Lipinski definition) is 5. The zero-order chi connectivity index (χ0) is 18.2. The minimum absolute atomic E-state index is 0.0904. The van der Waals surface area contributed by atoms with Crippen molar-refractivity contribution in [2.75, 3.05) is 19.4 Å². The van der Waals surface area contributed by atoms with Gasteiger partial charge in [-0.2, -0.15) is 0 Å². The number of thioether (sulfide) groups is 1. The predicted molar refractivity (Wildman–Crippen MR) is 101 cm³/mol. The number of hydrogen-bond donors (Lipinski definition) is 2. The molecular weight excluding hydrogens is 358 g/mol. The Hall–Kier alpha value is -1.99. The molecule has 5 nitrogen and oxygen atoms in total. The van der Waals surface area contributed by atoms with Crippen molar-refractivity contribution in [2.24, 2.45) is 5.92 Å². The van der Waals surface area contributed by atoms with Crippen molar-refractivity contribution in [3.05, 3.63) is 46.2 Å². The molecule has 2 aromatic rings. The van der Waals surface area contributed by atoms with Crippen molar-refractivity contribution in [1.29, 1.82) is 0 Å². The van der Waals surface area contributed by atoms with Crippen LogP contribution >= 0.6 is 23.1 Å². The lowest BCUT2D eigenvalue weighted by Gasteiger charge is -2.14. The Morgan fingerprint density at radius 2 is 2.00 bits per heavy atom. The molecule has 25 heavy (non-hydrogen) atoms. The molecule has 0 aliphatic heterocycles. The van der Waals surface area contributed by atoms with Crippen LogP contribution in [0.25, 0.3) is 0 Å². The summed E-state index contributed by atoms with van der Waals surface area (Å²) in [5.41, 5.74) is 0.894. The lowest BCUT2D eigenvalue weighted by Crippen LogP contribution is -2.34. The van der Waals surface area contributed by atoms with Crippen LogP contribution in [0, 0.1) is 5.92 Å². The molecule has 2 rings (SSSR count). The molecule has 1 unspecified atom stereocenters. The molecule has 0 saturated carbocycles. The Morgan fingerprint density at radius 1 is 1.28 bits per heavy atom. The van der Waals surface area contributed by atoms with Crippen molar-refractivity contribution in [1.82, 2.24) is 5.32 Å². The van der Waals surface area contributed by atoms with E-state index in [2.05, 4.69) is 5.32 Å². The van der Waals surface area contributed by atoms with Crippen molar-refractivity contribution in [3.63, 3.8) is 0 Å². The molecule has 1 aromatic heterocycles. The highest BCUT2D eigenvalue weighted by atomic mass is 32.2. The first-order valence-corrected chi connectivity index (χ1v) is 9.99. The molecular formula is C18H21NO4S2. The van der Waals surface area contributed by atoms with Crippen LogP contribution in [0.5, 0.6) is 5.75 Å². The summed E-state index contributed by atoms with van der Waals surface area (Å²) in [6.07, 6.45) is 2.26. The SMILES string of the molecule is CCOc1ccc(CC(CNC(=O)c2sccc2SC)C(=O)O)cc1. The number of benzene rings is 1. The van der Waals surface area contributed by atoms with E-state index in [1.807, 2.05) is 48.9 Å². The van der Waals surface area contributed by atoms with Crippen molar-refractivity contribution in [2.45, 2.75) is 18.2 Å². The third-order valence-electron chi connectivity index (χ3n) is 3.63. The number of carbonyl (C=O) groups is 2. The molecule has 0 saturated heterocycles. The number of carboxylic acid groups (broad SMARTS) is 1. The Balaban J connectivity index is 1.96. The maximum absolute atomic E-state index is 12.3. The average Bonchev–Trinajstić information content (AvgIpc) is 3.08. The van der Waals surface area contributed by atoms with Gasteiger partial charge < -0.3 is 15.2 Å². The summed E-state index contributed by atoms with van der Waals surface area (Å²) in [5.74, 6) is -1.07. The molecule has 0 fully saturated rings. The van der Waals surface area contributed by atoms with Crippen LogP contribution in [0.3, 0.4) is 0 Å². The molecule has 0 aliphatic carbocycles. The molecule has 1 aromatic carbocycles.